The summed E-state index contributed by atoms with van der Waals surface area (Å²) in [5.74, 6) is 0.885. The fraction of sp³-hybridized carbons (Fsp3) is 0.400. The smallest absolute Gasteiger partial charge is 0.407 e. The van der Waals surface area contributed by atoms with E-state index < -0.39 is 24.3 Å². The quantitative estimate of drug-likeness (QED) is 0.109. The number of fused-ring (bicyclic) bond motifs is 3. The first-order chi connectivity index (χ1) is 28.9. The van der Waals surface area contributed by atoms with Crippen LogP contribution in [0.1, 0.15) is 77.1 Å². The summed E-state index contributed by atoms with van der Waals surface area (Å²) in [5.41, 5.74) is 8.07. The summed E-state index contributed by atoms with van der Waals surface area (Å²) in [4.78, 5) is 77.1. The number of aromatic amines is 2. The highest BCUT2D eigenvalue weighted by Gasteiger charge is 2.39. The Kier molecular flexibility index (Phi) is 11.2. The molecule has 0 saturated carbocycles. The van der Waals surface area contributed by atoms with Gasteiger partial charge in [-0.25, -0.2) is 19.6 Å². The molecule has 2 aliphatic rings. The summed E-state index contributed by atoms with van der Waals surface area (Å²) in [5, 5.41) is 6.41. The molecule has 5 heterocycles. The van der Waals surface area contributed by atoms with Gasteiger partial charge in [-0.3, -0.25) is 14.6 Å². The number of pyridine rings is 1. The molecule has 2 aliphatic heterocycles. The Morgan fingerprint density at radius 2 is 1.17 bits per heavy atom. The van der Waals surface area contributed by atoms with Crippen LogP contribution in [0, 0.1) is 11.8 Å². The first-order valence-electron chi connectivity index (χ1n) is 20.6. The summed E-state index contributed by atoms with van der Waals surface area (Å²) in [6, 6.07) is 18.6. The third-order valence-corrected chi connectivity index (χ3v) is 11.9. The number of aromatic nitrogens is 5. The predicted molar refractivity (Wildman–Crippen MR) is 228 cm³/mol. The van der Waals surface area contributed by atoms with E-state index in [0.717, 1.165) is 86.7 Å². The molecule has 312 valence electrons. The summed E-state index contributed by atoms with van der Waals surface area (Å²) >= 11 is 0. The number of H-pyrrole nitrogens is 2. The molecule has 4 amide bonds. The number of alkyl carbamates (subject to hydrolysis) is 2. The first kappa shape index (κ1) is 40.3. The molecule has 0 radical (unpaired) electrons. The minimum atomic E-state index is -0.710. The molecule has 0 aliphatic carbocycles. The Labute approximate surface area is 347 Å². The molecule has 15 nitrogen and oxygen atoms in total. The molecule has 60 heavy (non-hydrogen) atoms. The van der Waals surface area contributed by atoms with Crippen molar-refractivity contribution in [3.8, 4) is 22.3 Å². The number of benzene rings is 3. The topological polar surface area (TPSA) is 188 Å². The lowest BCUT2D eigenvalue weighted by Gasteiger charge is -2.29. The van der Waals surface area contributed by atoms with Gasteiger partial charge in [0.2, 0.25) is 11.8 Å². The largest absolute Gasteiger partial charge is 0.453 e. The monoisotopic (exact) mass is 813 g/mol. The third kappa shape index (κ3) is 7.59. The van der Waals surface area contributed by atoms with E-state index in [9.17, 15) is 19.2 Å². The number of likely N-dealkylation sites (tertiary alicyclic amines) is 2. The summed E-state index contributed by atoms with van der Waals surface area (Å²) < 4.78 is 9.58. The van der Waals surface area contributed by atoms with Gasteiger partial charge in [0, 0.05) is 30.2 Å². The number of nitrogens with one attached hydrogen (secondary N) is 4. The van der Waals surface area contributed by atoms with E-state index in [2.05, 4.69) is 63.1 Å². The van der Waals surface area contributed by atoms with Gasteiger partial charge in [0.1, 0.15) is 23.7 Å². The second-order valence-corrected chi connectivity index (χ2v) is 16.4. The van der Waals surface area contributed by atoms with Gasteiger partial charge in [-0.2, -0.15) is 0 Å². The van der Waals surface area contributed by atoms with Gasteiger partial charge in [0.15, 0.2) is 0 Å². The number of carbonyl (C=O) groups excluding carboxylic acids is 4. The number of carbonyl (C=O) groups is 4. The number of imidazole rings is 2. The van der Waals surface area contributed by atoms with E-state index in [-0.39, 0.29) is 35.7 Å². The van der Waals surface area contributed by atoms with Gasteiger partial charge in [0.05, 0.1) is 53.9 Å². The van der Waals surface area contributed by atoms with E-state index in [1.54, 1.807) is 6.20 Å². The van der Waals surface area contributed by atoms with Crippen molar-refractivity contribution in [2.75, 3.05) is 27.3 Å². The van der Waals surface area contributed by atoms with Crippen LogP contribution in [0.5, 0.6) is 0 Å². The summed E-state index contributed by atoms with van der Waals surface area (Å²) in [6.07, 6.45) is 3.72. The Balaban J connectivity index is 1.06. The highest BCUT2D eigenvalue weighted by atomic mass is 16.5. The molecule has 0 unspecified atom stereocenters. The van der Waals surface area contributed by atoms with Crippen LogP contribution in [-0.4, -0.2) is 98.1 Å². The molecule has 3 aromatic heterocycles. The maximum atomic E-state index is 13.7. The van der Waals surface area contributed by atoms with Crippen LogP contribution in [0.25, 0.3) is 55.2 Å². The van der Waals surface area contributed by atoms with Gasteiger partial charge in [-0.05, 0) is 84.5 Å². The second kappa shape index (κ2) is 16.6. The lowest BCUT2D eigenvalue weighted by molar-refractivity contribution is -0.136. The summed E-state index contributed by atoms with van der Waals surface area (Å²) in [6.45, 7) is 8.76. The second-order valence-electron chi connectivity index (χ2n) is 16.4. The minimum absolute atomic E-state index is 0.123. The number of ether oxygens (including phenoxy) is 2. The molecule has 2 saturated heterocycles. The first-order valence-corrected chi connectivity index (χ1v) is 20.6. The molecular formula is C45H51N9O6. The zero-order valence-electron chi connectivity index (χ0n) is 34.7. The molecule has 8 rings (SSSR count). The maximum absolute atomic E-state index is 13.7. The third-order valence-electron chi connectivity index (χ3n) is 11.9. The fourth-order valence-electron chi connectivity index (χ4n) is 8.74. The van der Waals surface area contributed by atoms with E-state index in [4.69, 9.17) is 24.4 Å². The Bertz CT molecular complexity index is 2420. The van der Waals surface area contributed by atoms with Crippen molar-refractivity contribution >= 4 is 57.0 Å². The van der Waals surface area contributed by atoms with Crippen molar-refractivity contribution in [3.63, 3.8) is 0 Å². The maximum Gasteiger partial charge on any atom is 0.407 e. The standard InChI is InChI=1S/C45H51N9O6/c1-24(2)37(51-44(57)59-5)42(55)53-20-8-11-35(53)40-47-31-17-13-26(22-33(31)49-40)28-15-16-29(39-30(28)10-7-19-46-39)27-14-18-32-34(23-27)50-41(48-32)36-12-9-21-54(36)43(56)38(25(3)4)52-45(58)60-6/h7,10,13-19,22-25,35-38H,8-9,11-12,20-21H2,1-6H3,(H,47,49)(H,48,50)(H,51,57)(H,52,58)/t35-,36-,37-,38-/m0/s1. The van der Waals surface area contributed by atoms with Crippen molar-refractivity contribution < 1.29 is 28.7 Å². The minimum Gasteiger partial charge on any atom is -0.453 e. The highest BCUT2D eigenvalue weighted by Crippen LogP contribution is 2.39. The number of hydrogen-bond acceptors (Lipinski definition) is 9. The van der Waals surface area contributed by atoms with Crippen LogP contribution in [0.2, 0.25) is 0 Å². The molecule has 4 atom stereocenters. The molecule has 0 bridgehead atoms. The molecule has 2 fully saturated rings. The lowest BCUT2D eigenvalue weighted by Crippen LogP contribution is -2.51. The Hall–Kier alpha value is -6.51. The van der Waals surface area contributed by atoms with Gasteiger partial charge >= 0.3 is 12.2 Å². The van der Waals surface area contributed by atoms with Crippen LogP contribution in [0.3, 0.4) is 0 Å². The van der Waals surface area contributed by atoms with E-state index in [1.165, 1.54) is 14.2 Å². The number of methoxy groups -OCH3 is 2. The number of rotatable bonds is 10. The Morgan fingerprint density at radius 1 is 0.683 bits per heavy atom. The van der Waals surface area contributed by atoms with Crippen molar-refractivity contribution in [2.45, 2.75) is 77.5 Å². The average molecular weight is 814 g/mol. The van der Waals surface area contributed by atoms with Gasteiger partial charge < -0.3 is 39.9 Å². The van der Waals surface area contributed by atoms with Crippen molar-refractivity contribution in [1.82, 2.24) is 45.4 Å². The number of nitrogens with zero attached hydrogens (tertiary/aromatic N) is 5. The van der Waals surface area contributed by atoms with E-state index >= 15 is 0 Å². The molecule has 4 N–H and O–H groups in total. The van der Waals surface area contributed by atoms with Crippen LogP contribution < -0.4 is 10.6 Å². The van der Waals surface area contributed by atoms with E-state index in [0.29, 0.717) is 18.9 Å². The zero-order valence-corrected chi connectivity index (χ0v) is 34.7. The predicted octanol–water partition coefficient (Wildman–Crippen LogP) is 7.41. The molecule has 6 aromatic rings. The van der Waals surface area contributed by atoms with Crippen molar-refractivity contribution in [2.24, 2.45) is 11.8 Å². The van der Waals surface area contributed by atoms with Crippen LogP contribution >= 0.6 is 0 Å². The van der Waals surface area contributed by atoms with Crippen LogP contribution in [-0.2, 0) is 19.1 Å². The molecule has 0 spiro atoms. The summed E-state index contributed by atoms with van der Waals surface area (Å²) in [7, 11) is 2.58. The number of hydrogen-bond donors (Lipinski definition) is 4. The van der Waals surface area contributed by atoms with Crippen LogP contribution in [0.4, 0.5) is 9.59 Å². The zero-order chi connectivity index (χ0) is 42.2. The van der Waals surface area contributed by atoms with Gasteiger partial charge in [0.25, 0.3) is 0 Å². The normalized spacial score (nSPS) is 17.8. The van der Waals surface area contributed by atoms with Gasteiger partial charge in [-0.15, -0.1) is 0 Å². The SMILES string of the molecule is COC(=O)N[C@H](C(=O)N1CCC[C@H]1c1nc2cc(-c3ccc(-c4ccc5[nH]c([C@@H]6CCCN6C(=O)[C@@H](NC(=O)OC)C(C)C)nc5c4)c4ncccc34)ccc2[nH]1)C(C)C. The van der Waals surface area contributed by atoms with Crippen molar-refractivity contribution in [1.29, 1.82) is 0 Å². The van der Waals surface area contributed by atoms with Crippen molar-refractivity contribution in [3.05, 3.63) is 78.5 Å². The Morgan fingerprint density at radius 3 is 1.65 bits per heavy atom. The number of amides is 4. The lowest BCUT2D eigenvalue weighted by atomic mass is 9.94. The van der Waals surface area contributed by atoms with E-state index in [1.807, 2.05) is 55.7 Å². The fourth-order valence-corrected chi connectivity index (χ4v) is 8.74. The highest BCUT2D eigenvalue weighted by molar-refractivity contribution is 6.04. The molecular weight excluding hydrogens is 763 g/mol. The van der Waals surface area contributed by atoms with Gasteiger partial charge in [-0.1, -0.05) is 58.0 Å². The average Bonchev–Trinajstić information content (AvgIpc) is 4.08. The van der Waals surface area contributed by atoms with Crippen LogP contribution in [0.15, 0.2) is 66.9 Å². The molecule has 15 heteroatoms. The molecule has 3 aromatic carbocycles.